The number of ether oxygens (including phenoxy) is 2. The molecule has 1 aliphatic heterocycles. The number of fused-ring (bicyclic) bond motifs is 1. The van der Waals surface area contributed by atoms with E-state index in [1.54, 1.807) is 21.3 Å². The van der Waals surface area contributed by atoms with Crippen LogP contribution in [0.4, 0.5) is 0 Å². The minimum absolute atomic E-state index is 0.149. The minimum Gasteiger partial charge on any atom is -0.494 e. The summed E-state index contributed by atoms with van der Waals surface area (Å²) < 4.78 is 12.3. The standard InChI is InChI=1S/C16H19N3O4S/c1-19-15(21)12(14(20)18-16(19)24)13-9-7-11(23-3)10(22-2)6-8(9)4-5-17-13/h6-7,13,17,21H,4-5H2,1-3H3,(H,18,20,24)/t13-/m0/s1. The SMILES string of the molecule is COc1cc2c(cc1OC)[C@@H](c1c(O)n(C)c(=S)[nH]c1=O)NCC2. The van der Waals surface area contributed by atoms with E-state index in [1.807, 2.05) is 12.1 Å². The maximum Gasteiger partial charge on any atom is 0.260 e. The molecule has 128 valence electrons. The maximum atomic E-state index is 12.4. The maximum absolute atomic E-state index is 12.4. The summed E-state index contributed by atoms with van der Waals surface area (Å²) in [5, 5.41) is 13.7. The number of methoxy groups -OCH3 is 2. The van der Waals surface area contributed by atoms with Crippen LogP contribution >= 0.6 is 12.2 Å². The fraction of sp³-hybridized carbons (Fsp3) is 0.375. The molecule has 2 aromatic rings. The van der Waals surface area contributed by atoms with Crippen LogP contribution in [0.5, 0.6) is 17.4 Å². The van der Waals surface area contributed by atoms with Crippen LogP contribution in [0.2, 0.25) is 0 Å². The van der Waals surface area contributed by atoms with Crippen LogP contribution in [0.1, 0.15) is 22.7 Å². The number of benzene rings is 1. The highest BCUT2D eigenvalue weighted by Crippen LogP contribution is 2.38. The predicted molar refractivity (Wildman–Crippen MR) is 91.6 cm³/mol. The third-order valence-corrected chi connectivity index (χ3v) is 4.69. The number of H-pyrrole nitrogens is 1. The van der Waals surface area contributed by atoms with E-state index < -0.39 is 11.6 Å². The van der Waals surface area contributed by atoms with E-state index in [4.69, 9.17) is 21.7 Å². The summed E-state index contributed by atoms with van der Waals surface area (Å²) in [5.74, 6) is 1.07. The third kappa shape index (κ3) is 2.57. The zero-order valence-corrected chi connectivity index (χ0v) is 14.5. The molecule has 0 unspecified atom stereocenters. The quantitative estimate of drug-likeness (QED) is 0.726. The first-order valence-corrected chi connectivity index (χ1v) is 7.89. The molecule has 0 aliphatic carbocycles. The van der Waals surface area contributed by atoms with Gasteiger partial charge in [0.1, 0.15) is 0 Å². The van der Waals surface area contributed by atoms with E-state index in [1.165, 1.54) is 4.57 Å². The lowest BCUT2D eigenvalue weighted by atomic mass is 9.90. The molecular weight excluding hydrogens is 330 g/mol. The summed E-state index contributed by atoms with van der Waals surface area (Å²) in [6.07, 6.45) is 0.788. The van der Waals surface area contributed by atoms with Gasteiger partial charge in [0.15, 0.2) is 16.3 Å². The van der Waals surface area contributed by atoms with E-state index in [0.717, 1.165) is 17.5 Å². The Morgan fingerprint density at radius 1 is 1.29 bits per heavy atom. The van der Waals surface area contributed by atoms with E-state index in [0.29, 0.717) is 18.0 Å². The predicted octanol–water partition coefficient (Wildman–Crippen LogP) is 1.40. The molecule has 0 radical (unpaired) electrons. The number of aromatic nitrogens is 2. The number of nitrogens with zero attached hydrogens (tertiary/aromatic N) is 1. The second-order valence-electron chi connectivity index (χ2n) is 5.60. The first-order valence-electron chi connectivity index (χ1n) is 7.48. The summed E-state index contributed by atoms with van der Waals surface area (Å²) in [5.41, 5.74) is 1.74. The summed E-state index contributed by atoms with van der Waals surface area (Å²) in [4.78, 5) is 15.0. The summed E-state index contributed by atoms with van der Waals surface area (Å²) >= 11 is 5.03. The van der Waals surface area contributed by atoms with Gasteiger partial charge in [-0.1, -0.05) is 0 Å². The van der Waals surface area contributed by atoms with Gasteiger partial charge < -0.3 is 19.9 Å². The van der Waals surface area contributed by atoms with Gasteiger partial charge in [-0.05, 0) is 41.9 Å². The Balaban J connectivity index is 2.23. The molecule has 0 bridgehead atoms. The highest BCUT2D eigenvalue weighted by atomic mass is 32.1. The number of aromatic hydroxyl groups is 1. The molecule has 0 saturated carbocycles. The van der Waals surface area contributed by atoms with Gasteiger partial charge >= 0.3 is 0 Å². The van der Waals surface area contributed by atoms with Crippen LogP contribution in [-0.2, 0) is 13.5 Å². The van der Waals surface area contributed by atoms with Crippen molar-refractivity contribution in [3.8, 4) is 17.4 Å². The Bertz CT molecular complexity index is 903. The average Bonchev–Trinajstić information content (AvgIpc) is 2.58. The Hall–Kier alpha value is -2.32. The molecule has 0 saturated heterocycles. The molecule has 24 heavy (non-hydrogen) atoms. The lowest BCUT2D eigenvalue weighted by Crippen LogP contribution is -2.35. The van der Waals surface area contributed by atoms with Crippen LogP contribution < -0.4 is 20.3 Å². The highest BCUT2D eigenvalue weighted by molar-refractivity contribution is 7.71. The molecule has 7 nitrogen and oxygen atoms in total. The fourth-order valence-electron chi connectivity index (χ4n) is 3.03. The summed E-state index contributed by atoms with van der Waals surface area (Å²) in [6.45, 7) is 0.672. The Labute approximate surface area is 143 Å². The smallest absolute Gasteiger partial charge is 0.260 e. The highest BCUT2D eigenvalue weighted by Gasteiger charge is 2.29. The zero-order valence-electron chi connectivity index (χ0n) is 13.7. The number of hydrogen-bond acceptors (Lipinski definition) is 6. The zero-order chi connectivity index (χ0) is 17.4. The van der Waals surface area contributed by atoms with Gasteiger partial charge in [0.2, 0.25) is 5.88 Å². The van der Waals surface area contributed by atoms with Crippen molar-refractivity contribution in [3.63, 3.8) is 0 Å². The van der Waals surface area contributed by atoms with E-state index in [9.17, 15) is 9.90 Å². The molecule has 3 rings (SSSR count). The monoisotopic (exact) mass is 349 g/mol. The van der Waals surface area contributed by atoms with Gasteiger partial charge in [0, 0.05) is 13.6 Å². The summed E-state index contributed by atoms with van der Waals surface area (Å²) in [6, 6.07) is 3.29. The van der Waals surface area contributed by atoms with Gasteiger partial charge in [-0.2, -0.15) is 0 Å². The molecule has 8 heteroatoms. The third-order valence-electron chi connectivity index (χ3n) is 4.32. The number of nitrogens with one attached hydrogen (secondary N) is 2. The molecule has 0 fully saturated rings. The normalized spacial score (nSPS) is 16.5. The van der Waals surface area contributed by atoms with Crippen molar-refractivity contribution in [2.24, 2.45) is 7.05 Å². The molecule has 0 amide bonds. The Kier molecular flexibility index (Phi) is 4.33. The minimum atomic E-state index is -0.459. The first-order chi connectivity index (χ1) is 11.5. The van der Waals surface area contributed by atoms with Crippen molar-refractivity contribution in [2.75, 3.05) is 20.8 Å². The van der Waals surface area contributed by atoms with Crippen molar-refractivity contribution < 1.29 is 14.6 Å². The Morgan fingerprint density at radius 2 is 1.96 bits per heavy atom. The largest absolute Gasteiger partial charge is 0.494 e. The topological polar surface area (TPSA) is 88.5 Å². The van der Waals surface area contributed by atoms with Crippen molar-refractivity contribution in [1.82, 2.24) is 14.9 Å². The van der Waals surface area contributed by atoms with Gasteiger partial charge in [0.25, 0.3) is 5.56 Å². The van der Waals surface area contributed by atoms with Crippen molar-refractivity contribution in [2.45, 2.75) is 12.5 Å². The van der Waals surface area contributed by atoms with Gasteiger partial charge in [-0.3, -0.25) is 14.3 Å². The van der Waals surface area contributed by atoms with Gasteiger partial charge in [-0.25, -0.2) is 0 Å². The average molecular weight is 349 g/mol. The van der Waals surface area contributed by atoms with Crippen LogP contribution in [0.25, 0.3) is 0 Å². The van der Waals surface area contributed by atoms with E-state index in [2.05, 4.69) is 10.3 Å². The lowest BCUT2D eigenvalue weighted by molar-refractivity contribution is 0.352. The van der Waals surface area contributed by atoms with Crippen molar-refractivity contribution >= 4 is 12.2 Å². The molecule has 1 aliphatic rings. The molecule has 1 atom stereocenters. The van der Waals surface area contributed by atoms with Gasteiger partial charge in [0.05, 0.1) is 25.8 Å². The fourth-order valence-corrected chi connectivity index (χ4v) is 3.21. The molecule has 1 aromatic heterocycles. The lowest BCUT2D eigenvalue weighted by Gasteiger charge is -2.28. The van der Waals surface area contributed by atoms with Crippen LogP contribution in [-0.4, -0.2) is 35.4 Å². The molecule has 0 spiro atoms. The molecule has 1 aromatic carbocycles. The summed E-state index contributed by atoms with van der Waals surface area (Å²) in [7, 11) is 4.75. The van der Waals surface area contributed by atoms with Crippen LogP contribution in [0, 0.1) is 4.77 Å². The van der Waals surface area contributed by atoms with Crippen molar-refractivity contribution in [3.05, 3.63) is 43.9 Å². The number of rotatable bonds is 3. The first kappa shape index (κ1) is 16.5. The molecular formula is C16H19N3O4S. The second kappa shape index (κ2) is 6.29. The molecule has 2 heterocycles. The number of hydrogen-bond donors (Lipinski definition) is 3. The van der Waals surface area contributed by atoms with Crippen LogP contribution in [0.3, 0.4) is 0 Å². The van der Waals surface area contributed by atoms with Crippen molar-refractivity contribution in [1.29, 1.82) is 0 Å². The number of aromatic amines is 1. The van der Waals surface area contributed by atoms with E-state index in [-0.39, 0.29) is 16.2 Å². The Morgan fingerprint density at radius 3 is 2.62 bits per heavy atom. The van der Waals surface area contributed by atoms with Gasteiger partial charge in [-0.15, -0.1) is 0 Å². The molecule has 3 N–H and O–H groups in total. The van der Waals surface area contributed by atoms with E-state index >= 15 is 0 Å². The second-order valence-corrected chi connectivity index (χ2v) is 5.99. The van der Waals surface area contributed by atoms with Crippen LogP contribution in [0.15, 0.2) is 16.9 Å².